The van der Waals surface area contributed by atoms with Crippen LogP contribution in [0.5, 0.6) is 0 Å². The monoisotopic (exact) mass is 276 g/mol. The van der Waals surface area contributed by atoms with E-state index in [1.165, 1.54) is 0 Å². The molecule has 0 radical (unpaired) electrons. The average Bonchev–Trinajstić information content (AvgIpc) is 2.86. The first-order valence-corrected chi connectivity index (χ1v) is 7.01. The molecule has 0 aromatic heterocycles. The highest BCUT2D eigenvalue weighted by molar-refractivity contribution is 5.95. The Kier molecular flexibility index (Phi) is 4.61. The molecule has 0 unspecified atom stereocenters. The minimum absolute atomic E-state index is 0.0715. The lowest BCUT2D eigenvalue weighted by Crippen LogP contribution is -2.32. The topological polar surface area (TPSA) is 58.6 Å². The molecule has 1 saturated heterocycles. The van der Waals surface area contributed by atoms with Crippen molar-refractivity contribution in [3.63, 3.8) is 0 Å². The van der Waals surface area contributed by atoms with Gasteiger partial charge in [-0.1, -0.05) is 13.8 Å². The van der Waals surface area contributed by atoms with Crippen LogP contribution < -0.4 is 10.2 Å². The maximum atomic E-state index is 11.8. The van der Waals surface area contributed by atoms with Crippen molar-refractivity contribution in [3.8, 4) is 0 Å². The van der Waals surface area contributed by atoms with Crippen molar-refractivity contribution in [3.05, 3.63) is 29.8 Å². The van der Waals surface area contributed by atoms with Gasteiger partial charge in [0.25, 0.3) is 5.91 Å². The molecule has 1 aliphatic heterocycles. The summed E-state index contributed by atoms with van der Waals surface area (Å²) in [5.74, 6) is -0.0885. The lowest BCUT2D eigenvalue weighted by atomic mass is 10.1. The molecule has 1 N–H and O–H groups in total. The number of amides is 2. The van der Waals surface area contributed by atoms with Gasteiger partial charge in [0.15, 0.2) is 0 Å². The van der Waals surface area contributed by atoms with Crippen molar-refractivity contribution in [2.75, 3.05) is 18.1 Å². The fraction of sp³-hybridized carbons (Fsp3) is 0.467. The first-order valence-electron chi connectivity index (χ1n) is 7.01. The fourth-order valence-corrected chi connectivity index (χ4v) is 2.19. The van der Waals surface area contributed by atoms with Crippen LogP contribution in [-0.4, -0.2) is 31.2 Å². The summed E-state index contributed by atoms with van der Waals surface area (Å²) in [6.45, 7) is 5.12. The summed E-state index contributed by atoms with van der Waals surface area (Å²) in [6, 6.07) is 7.12. The highest BCUT2D eigenvalue weighted by Gasteiger charge is 2.32. The summed E-state index contributed by atoms with van der Waals surface area (Å²) in [6.07, 6.45) is 1.42. The molecule has 1 aromatic carbocycles. The van der Waals surface area contributed by atoms with Gasteiger partial charge in [-0.15, -0.1) is 0 Å². The number of ether oxygens (including phenoxy) is 1. The van der Waals surface area contributed by atoms with Crippen LogP contribution >= 0.6 is 0 Å². The highest BCUT2D eigenvalue weighted by Crippen LogP contribution is 2.24. The number of anilines is 1. The Morgan fingerprint density at radius 2 is 2.05 bits per heavy atom. The van der Waals surface area contributed by atoms with Crippen molar-refractivity contribution in [1.82, 2.24) is 5.32 Å². The maximum Gasteiger partial charge on any atom is 0.414 e. The molecule has 0 bridgehead atoms. The van der Waals surface area contributed by atoms with Crippen molar-refractivity contribution in [2.24, 2.45) is 0 Å². The zero-order valence-corrected chi connectivity index (χ0v) is 11.9. The fourth-order valence-electron chi connectivity index (χ4n) is 2.19. The number of carbonyl (C=O) groups excluding carboxylic acids is 2. The Morgan fingerprint density at radius 3 is 2.65 bits per heavy atom. The number of carbonyl (C=O) groups is 2. The number of hydrogen-bond acceptors (Lipinski definition) is 3. The molecule has 5 heteroatoms. The smallest absolute Gasteiger partial charge is 0.414 e. The minimum Gasteiger partial charge on any atom is -0.447 e. The second kappa shape index (κ2) is 6.41. The minimum atomic E-state index is -0.319. The normalized spacial score (nSPS) is 18.0. The van der Waals surface area contributed by atoms with E-state index in [4.69, 9.17) is 4.74 Å². The molecule has 20 heavy (non-hydrogen) atoms. The van der Waals surface area contributed by atoms with Crippen LogP contribution in [0.15, 0.2) is 24.3 Å². The Hall–Kier alpha value is -2.04. The Labute approximate surface area is 118 Å². The molecule has 108 valence electrons. The molecule has 0 spiro atoms. The Bertz CT molecular complexity index is 484. The van der Waals surface area contributed by atoms with E-state index >= 15 is 0 Å². The number of nitrogens with zero attached hydrogens (tertiary/aromatic N) is 1. The van der Waals surface area contributed by atoms with Crippen LogP contribution in [0.3, 0.4) is 0 Å². The quantitative estimate of drug-likeness (QED) is 0.899. The maximum absolute atomic E-state index is 11.8. The molecular weight excluding hydrogens is 256 g/mol. The van der Waals surface area contributed by atoms with Gasteiger partial charge in [0.1, 0.15) is 6.61 Å². The molecule has 1 aromatic rings. The van der Waals surface area contributed by atoms with Crippen LogP contribution in [0.25, 0.3) is 0 Å². The Morgan fingerprint density at radius 1 is 1.35 bits per heavy atom. The third-order valence-corrected chi connectivity index (χ3v) is 3.38. The molecule has 2 amide bonds. The highest BCUT2D eigenvalue weighted by atomic mass is 16.6. The summed E-state index contributed by atoms with van der Waals surface area (Å²) in [7, 11) is 0. The van der Waals surface area contributed by atoms with Crippen molar-refractivity contribution in [1.29, 1.82) is 0 Å². The number of hydrogen-bond donors (Lipinski definition) is 1. The van der Waals surface area contributed by atoms with Gasteiger partial charge in [-0.2, -0.15) is 0 Å². The van der Waals surface area contributed by atoms with Gasteiger partial charge in [0.2, 0.25) is 0 Å². The van der Waals surface area contributed by atoms with Crippen LogP contribution in [0.1, 0.15) is 37.0 Å². The summed E-state index contributed by atoms with van der Waals surface area (Å²) in [5.41, 5.74) is 1.37. The SMILES string of the molecule is CCCNC(=O)c1ccc(N2C(=O)OC[C@@H]2CC)cc1. The molecule has 1 heterocycles. The van der Waals surface area contributed by atoms with Gasteiger partial charge in [0, 0.05) is 17.8 Å². The van der Waals surface area contributed by atoms with Gasteiger partial charge in [-0.25, -0.2) is 4.79 Å². The molecule has 5 nitrogen and oxygen atoms in total. The second-order valence-corrected chi connectivity index (χ2v) is 4.81. The zero-order valence-electron chi connectivity index (χ0n) is 11.9. The summed E-state index contributed by atoms with van der Waals surface area (Å²) in [4.78, 5) is 25.2. The van der Waals surface area contributed by atoms with E-state index in [-0.39, 0.29) is 18.0 Å². The first-order chi connectivity index (χ1) is 9.67. The lowest BCUT2D eigenvalue weighted by Gasteiger charge is -2.20. The van der Waals surface area contributed by atoms with E-state index in [9.17, 15) is 9.59 Å². The lowest BCUT2D eigenvalue weighted by molar-refractivity contribution is 0.0953. The van der Waals surface area contributed by atoms with Crippen molar-refractivity contribution in [2.45, 2.75) is 32.7 Å². The van der Waals surface area contributed by atoms with E-state index in [0.717, 1.165) is 18.5 Å². The van der Waals surface area contributed by atoms with E-state index < -0.39 is 0 Å². The van der Waals surface area contributed by atoms with Gasteiger partial charge >= 0.3 is 6.09 Å². The molecule has 1 aliphatic rings. The molecule has 0 saturated carbocycles. The number of nitrogens with one attached hydrogen (secondary N) is 1. The molecule has 1 atom stereocenters. The first kappa shape index (κ1) is 14.4. The van der Waals surface area contributed by atoms with Crippen molar-refractivity contribution < 1.29 is 14.3 Å². The van der Waals surface area contributed by atoms with Crippen molar-refractivity contribution >= 4 is 17.7 Å². The summed E-state index contributed by atoms with van der Waals surface area (Å²) in [5, 5.41) is 2.82. The van der Waals surface area contributed by atoms with E-state index in [2.05, 4.69) is 5.32 Å². The van der Waals surface area contributed by atoms with E-state index in [1.807, 2.05) is 13.8 Å². The average molecular weight is 276 g/mol. The van der Waals surface area contributed by atoms with Gasteiger partial charge < -0.3 is 10.1 Å². The predicted molar refractivity (Wildman–Crippen MR) is 77.0 cm³/mol. The standard InChI is InChI=1S/C15H20N2O3/c1-3-9-16-14(18)11-5-7-13(8-6-11)17-12(4-2)10-20-15(17)19/h5-8,12H,3-4,9-10H2,1-2H3,(H,16,18)/t12-/m0/s1. The summed E-state index contributed by atoms with van der Waals surface area (Å²) < 4.78 is 5.06. The molecule has 1 fully saturated rings. The molecular formula is C15H20N2O3. The van der Waals surface area contributed by atoms with Crippen LogP contribution in [0.4, 0.5) is 10.5 Å². The predicted octanol–water partition coefficient (Wildman–Crippen LogP) is 2.56. The van der Waals surface area contributed by atoms with E-state index in [0.29, 0.717) is 18.7 Å². The third kappa shape index (κ3) is 2.92. The van der Waals surface area contributed by atoms with Crippen LogP contribution in [0.2, 0.25) is 0 Å². The van der Waals surface area contributed by atoms with Gasteiger partial charge in [0.05, 0.1) is 6.04 Å². The Balaban J connectivity index is 2.11. The van der Waals surface area contributed by atoms with Crippen LogP contribution in [-0.2, 0) is 4.74 Å². The largest absolute Gasteiger partial charge is 0.447 e. The molecule has 2 rings (SSSR count). The van der Waals surface area contributed by atoms with Gasteiger partial charge in [-0.3, -0.25) is 9.69 Å². The zero-order chi connectivity index (χ0) is 14.5. The second-order valence-electron chi connectivity index (χ2n) is 4.81. The van der Waals surface area contributed by atoms with E-state index in [1.54, 1.807) is 29.2 Å². The van der Waals surface area contributed by atoms with Gasteiger partial charge in [-0.05, 0) is 37.1 Å². The third-order valence-electron chi connectivity index (χ3n) is 3.38. The number of rotatable bonds is 5. The summed E-state index contributed by atoms with van der Waals surface area (Å²) >= 11 is 0. The van der Waals surface area contributed by atoms with Crippen LogP contribution in [0, 0.1) is 0 Å². The number of benzene rings is 1. The number of cyclic esters (lactones) is 1. The molecule has 0 aliphatic carbocycles.